The summed E-state index contributed by atoms with van der Waals surface area (Å²) in [4.78, 5) is 9.22. The monoisotopic (exact) mass is 289 g/mol. The Morgan fingerprint density at radius 3 is 2.70 bits per heavy atom. The van der Waals surface area contributed by atoms with E-state index in [4.69, 9.17) is 4.74 Å². The van der Waals surface area contributed by atoms with E-state index in [0.717, 1.165) is 38.5 Å². The summed E-state index contributed by atoms with van der Waals surface area (Å²) in [5, 5.41) is 2.13. The van der Waals surface area contributed by atoms with Crippen molar-refractivity contribution in [3.05, 3.63) is 40.8 Å². The van der Waals surface area contributed by atoms with E-state index in [1.165, 1.54) is 11.4 Å². The first-order valence-corrected chi connectivity index (χ1v) is 7.78. The summed E-state index contributed by atoms with van der Waals surface area (Å²) < 4.78 is 5.45. The van der Waals surface area contributed by atoms with Crippen molar-refractivity contribution in [1.29, 1.82) is 0 Å². The van der Waals surface area contributed by atoms with E-state index in [9.17, 15) is 0 Å². The Balaban J connectivity index is 1.60. The van der Waals surface area contributed by atoms with Crippen molar-refractivity contribution < 1.29 is 4.74 Å². The highest BCUT2D eigenvalue weighted by Gasteiger charge is 2.19. The molecule has 1 aromatic heterocycles. The molecule has 2 aromatic rings. The summed E-state index contributed by atoms with van der Waals surface area (Å²) in [6.07, 6.45) is 0. The molecular formula is C15H19N3OS. The van der Waals surface area contributed by atoms with Crippen molar-refractivity contribution in [2.45, 2.75) is 6.54 Å². The number of benzene rings is 1. The minimum atomic E-state index is 0.959. The highest BCUT2D eigenvalue weighted by atomic mass is 32.1. The number of para-hydroxylation sites is 2. The van der Waals surface area contributed by atoms with Gasteiger partial charge < -0.3 is 9.64 Å². The van der Waals surface area contributed by atoms with E-state index in [1.807, 2.05) is 17.6 Å². The fraction of sp³-hybridized carbons (Fsp3) is 0.400. The molecule has 3 rings (SSSR count). The normalized spacial score (nSPS) is 16.4. The molecule has 0 unspecified atom stereocenters. The first-order chi connectivity index (χ1) is 9.86. The van der Waals surface area contributed by atoms with Crippen LogP contribution in [0.2, 0.25) is 0 Å². The van der Waals surface area contributed by atoms with Gasteiger partial charge in [0.1, 0.15) is 5.75 Å². The molecular weight excluding hydrogens is 270 g/mol. The Bertz CT molecular complexity index is 536. The van der Waals surface area contributed by atoms with Crippen LogP contribution in [0.1, 0.15) is 5.69 Å². The second-order valence-electron chi connectivity index (χ2n) is 4.91. The SMILES string of the molecule is COc1ccccc1N1CCN(Cc2cscn2)CC1. The zero-order chi connectivity index (χ0) is 13.8. The van der Waals surface area contributed by atoms with Crippen LogP contribution in [0.25, 0.3) is 0 Å². The van der Waals surface area contributed by atoms with Crippen LogP contribution in [0, 0.1) is 0 Å². The van der Waals surface area contributed by atoms with Crippen molar-refractivity contribution in [2.75, 3.05) is 38.2 Å². The maximum atomic E-state index is 5.45. The van der Waals surface area contributed by atoms with Crippen LogP contribution in [-0.4, -0.2) is 43.2 Å². The summed E-state index contributed by atoms with van der Waals surface area (Å²) in [5.74, 6) is 0.959. The van der Waals surface area contributed by atoms with Crippen LogP contribution in [0.3, 0.4) is 0 Å². The molecule has 4 nitrogen and oxygen atoms in total. The zero-order valence-electron chi connectivity index (χ0n) is 11.7. The Morgan fingerprint density at radius 2 is 2.00 bits per heavy atom. The molecule has 1 aromatic carbocycles. The fourth-order valence-corrected chi connectivity index (χ4v) is 3.13. The standard InChI is InChI=1S/C15H19N3OS/c1-19-15-5-3-2-4-14(15)18-8-6-17(7-9-18)10-13-11-20-12-16-13/h2-5,11-12H,6-10H2,1H3. The van der Waals surface area contributed by atoms with E-state index in [2.05, 4.69) is 32.3 Å². The minimum absolute atomic E-state index is 0.959. The van der Waals surface area contributed by atoms with Crippen molar-refractivity contribution in [3.63, 3.8) is 0 Å². The summed E-state index contributed by atoms with van der Waals surface area (Å²) in [6, 6.07) is 8.24. The number of aromatic nitrogens is 1. The van der Waals surface area contributed by atoms with E-state index in [-0.39, 0.29) is 0 Å². The third kappa shape index (κ3) is 2.94. The van der Waals surface area contributed by atoms with Crippen LogP contribution >= 0.6 is 11.3 Å². The van der Waals surface area contributed by atoms with Crippen LogP contribution in [0.5, 0.6) is 5.75 Å². The van der Waals surface area contributed by atoms with Crippen LogP contribution in [0.4, 0.5) is 5.69 Å². The lowest BCUT2D eigenvalue weighted by molar-refractivity contribution is 0.247. The summed E-state index contributed by atoms with van der Waals surface area (Å²) in [6.45, 7) is 5.16. The summed E-state index contributed by atoms with van der Waals surface area (Å²) in [7, 11) is 1.73. The second kappa shape index (κ2) is 6.24. The number of ether oxygens (including phenoxy) is 1. The molecule has 1 fully saturated rings. The van der Waals surface area contributed by atoms with Crippen molar-refractivity contribution in [1.82, 2.24) is 9.88 Å². The Hall–Kier alpha value is -1.59. The van der Waals surface area contributed by atoms with Gasteiger partial charge in [0.15, 0.2) is 0 Å². The maximum Gasteiger partial charge on any atom is 0.142 e. The van der Waals surface area contributed by atoms with E-state index in [1.54, 1.807) is 18.4 Å². The number of methoxy groups -OCH3 is 1. The highest BCUT2D eigenvalue weighted by molar-refractivity contribution is 7.07. The average Bonchev–Trinajstić information content (AvgIpc) is 3.01. The number of hydrogen-bond acceptors (Lipinski definition) is 5. The predicted molar refractivity (Wildman–Crippen MR) is 82.6 cm³/mol. The summed E-state index contributed by atoms with van der Waals surface area (Å²) in [5.41, 5.74) is 4.28. The van der Waals surface area contributed by atoms with Gasteiger partial charge in [-0.2, -0.15) is 0 Å². The molecule has 1 aliphatic heterocycles. The first-order valence-electron chi connectivity index (χ1n) is 6.84. The predicted octanol–water partition coefficient (Wildman–Crippen LogP) is 2.47. The van der Waals surface area contributed by atoms with E-state index in [0.29, 0.717) is 0 Å². The van der Waals surface area contributed by atoms with Crippen LogP contribution in [0.15, 0.2) is 35.2 Å². The highest BCUT2D eigenvalue weighted by Crippen LogP contribution is 2.28. The lowest BCUT2D eigenvalue weighted by atomic mass is 10.2. The maximum absolute atomic E-state index is 5.45. The third-order valence-electron chi connectivity index (χ3n) is 3.67. The van der Waals surface area contributed by atoms with Gasteiger partial charge in [-0.25, -0.2) is 4.98 Å². The average molecular weight is 289 g/mol. The zero-order valence-corrected chi connectivity index (χ0v) is 12.5. The molecule has 20 heavy (non-hydrogen) atoms. The molecule has 1 saturated heterocycles. The van der Waals surface area contributed by atoms with Crippen molar-refractivity contribution in [2.24, 2.45) is 0 Å². The number of piperazine rings is 1. The topological polar surface area (TPSA) is 28.6 Å². The third-order valence-corrected chi connectivity index (χ3v) is 4.30. The molecule has 0 N–H and O–H groups in total. The number of rotatable bonds is 4. The number of nitrogens with zero attached hydrogens (tertiary/aromatic N) is 3. The molecule has 0 radical (unpaired) electrons. The number of hydrogen-bond donors (Lipinski definition) is 0. The minimum Gasteiger partial charge on any atom is -0.495 e. The Labute approximate surface area is 123 Å². The van der Waals surface area contributed by atoms with Crippen molar-refractivity contribution in [3.8, 4) is 5.75 Å². The molecule has 106 valence electrons. The van der Waals surface area contributed by atoms with Gasteiger partial charge >= 0.3 is 0 Å². The van der Waals surface area contributed by atoms with Gasteiger partial charge in [0.05, 0.1) is 24.0 Å². The number of anilines is 1. The van der Waals surface area contributed by atoms with E-state index < -0.39 is 0 Å². The van der Waals surface area contributed by atoms with Gasteiger partial charge in [-0.3, -0.25) is 4.90 Å². The summed E-state index contributed by atoms with van der Waals surface area (Å²) >= 11 is 1.67. The van der Waals surface area contributed by atoms with E-state index >= 15 is 0 Å². The van der Waals surface area contributed by atoms with Gasteiger partial charge in [0, 0.05) is 38.1 Å². The molecule has 0 spiro atoms. The van der Waals surface area contributed by atoms with Crippen LogP contribution < -0.4 is 9.64 Å². The van der Waals surface area contributed by atoms with Gasteiger partial charge in [-0.05, 0) is 12.1 Å². The molecule has 1 aliphatic rings. The van der Waals surface area contributed by atoms with Crippen LogP contribution in [-0.2, 0) is 6.54 Å². The fourth-order valence-electron chi connectivity index (χ4n) is 2.58. The first kappa shape index (κ1) is 13.4. The second-order valence-corrected chi connectivity index (χ2v) is 5.63. The molecule has 0 amide bonds. The lowest BCUT2D eigenvalue weighted by Crippen LogP contribution is -2.46. The van der Waals surface area contributed by atoms with Crippen molar-refractivity contribution >= 4 is 17.0 Å². The Kier molecular flexibility index (Phi) is 4.18. The molecule has 0 aliphatic carbocycles. The molecule has 0 bridgehead atoms. The Morgan fingerprint density at radius 1 is 1.20 bits per heavy atom. The van der Waals surface area contributed by atoms with Gasteiger partial charge in [-0.15, -0.1) is 11.3 Å². The quantitative estimate of drug-likeness (QED) is 0.864. The largest absolute Gasteiger partial charge is 0.495 e. The number of thiazole rings is 1. The van der Waals surface area contributed by atoms with Gasteiger partial charge in [0.2, 0.25) is 0 Å². The lowest BCUT2D eigenvalue weighted by Gasteiger charge is -2.36. The molecule has 0 saturated carbocycles. The van der Waals surface area contributed by atoms with Gasteiger partial charge in [-0.1, -0.05) is 12.1 Å². The molecule has 0 atom stereocenters. The van der Waals surface area contributed by atoms with Gasteiger partial charge in [0.25, 0.3) is 0 Å². The molecule has 5 heteroatoms. The molecule has 2 heterocycles. The smallest absolute Gasteiger partial charge is 0.142 e.